The quantitative estimate of drug-likeness (QED) is 0.742. The lowest BCUT2D eigenvalue weighted by atomic mass is 10.1. The summed E-state index contributed by atoms with van der Waals surface area (Å²) in [4.78, 5) is 3.26. The van der Waals surface area contributed by atoms with E-state index in [1.54, 1.807) is 0 Å². The first-order valence-corrected chi connectivity index (χ1v) is 6.60. The maximum Gasteiger partial charge on any atom is 0.0991 e. The summed E-state index contributed by atoms with van der Waals surface area (Å²) < 4.78 is 0. The van der Waals surface area contributed by atoms with Crippen LogP contribution in [0.3, 0.4) is 0 Å². The number of para-hydroxylation sites is 1. The maximum absolute atomic E-state index is 8.83. The lowest BCUT2D eigenvalue weighted by molar-refractivity contribution is 0.886. The van der Waals surface area contributed by atoms with Crippen molar-refractivity contribution in [2.24, 2.45) is 0 Å². The Morgan fingerprint density at radius 2 is 1.90 bits per heavy atom. The predicted molar refractivity (Wildman–Crippen MR) is 81.5 cm³/mol. The Labute approximate surface area is 117 Å². The minimum atomic E-state index is 0.177. The third kappa shape index (κ3) is 2.24. The molecule has 0 bridgehead atoms. The largest absolute Gasteiger partial charge is 0.377 e. The van der Waals surface area contributed by atoms with E-state index in [0.29, 0.717) is 5.56 Å². The van der Waals surface area contributed by atoms with Crippen molar-refractivity contribution in [1.82, 2.24) is 4.98 Å². The number of nitrogens with zero attached hydrogens (tertiary/aromatic N) is 1. The number of hydrogen-bond donors (Lipinski definition) is 2. The maximum atomic E-state index is 8.83. The smallest absolute Gasteiger partial charge is 0.0991 e. The molecule has 0 saturated carbocycles. The molecule has 1 unspecified atom stereocenters. The fourth-order valence-corrected chi connectivity index (χ4v) is 2.37. The first-order valence-electron chi connectivity index (χ1n) is 6.60. The Hall–Kier alpha value is -2.73. The van der Waals surface area contributed by atoms with Crippen molar-refractivity contribution in [3.8, 4) is 6.07 Å². The number of aromatic amines is 1. The second-order valence-electron chi connectivity index (χ2n) is 4.85. The van der Waals surface area contributed by atoms with Gasteiger partial charge in [-0.15, -0.1) is 0 Å². The number of aromatic nitrogens is 1. The molecule has 3 nitrogen and oxygen atoms in total. The molecule has 2 N–H and O–H groups in total. The molecule has 1 atom stereocenters. The molecule has 98 valence electrons. The molecule has 3 heteroatoms. The molecule has 0 aliphatic carbocycles. The van der Waals surface area contributed by atoms with E-state index < -0.39 is 0 Å². The van der Waals surface area contributed by atoms with Crippen LogP contribution in [0, 0.1) is 11.3 Å². The SMILES string of the molecule is CC(Nc1cccc2cc[nH]c12)c1ccc(C#N)cc1. The molecule has 3 rings (SSSR count). The summed E-state index contributed by atoms with van der Waals surface area (Å²) in [5.74, 6) is 0. The monoisotopic (exact) mass is 261 g/mol. The molecule has 2 aromatic carbocycles. The van der Waals surface area contributed by atoms with E-state index in [9.17, 15) is 0 Å². The van der Waals surface area contributed by atoms with Gasteiger partial charge in [0.05, 0.1) is 22.8 Å². The number of nitrogens with one attached hydrogen (secondary N) is 2. The van der Waals surface area contributed by atoms with Gasteiger partial charge in [0.2, 0.25) is 0 Å². The Kier molecular flexibility index (Phi) is 3.14. The molecular formula is C17H15N3. The highest BCUT2D eigenvalue weighted by Gasteiger charge is 2.08. The van der Waals surface area contributed by atoms with Gasteiger partial charge in [0.1, 0.15) is 0 Å². The van der Waals surface area contributed by atoms with Gasteiger partial charge in [0, 0.05) is 17.6 Å². The van der Waals surface area contributed by atoms with Gasteiger partial charge in [-0.05, 0) is 36.8 Å². The lowest BCUT2D eigenvalue weighted by Crippen LogP contribution is -2.06. The second-order valence-corrected chi connectivity index (χ2v) is 4.85. The fourth-order valence-electron chi connectivity index (χ4n) is 2.37. The number of benzene rings is 2. The Morgan fingerprint density at radius 1 is 1.10 bits per heavy atom. The van der Waals surface area contributed by atoms with Gasteiger partial charge in [-0.1, -0.05) is 24.3 Å². The van der Waals surface area contributed by atoms with Crippen LogP contribution < -0.4 is 5.32 Å². The standard InChI is InChI=1S/C17H15N3/c1-12(14-7-5-13(11-18)6-8-14)20-16-4-2-3-15-9-10-19-17(15)16/h2-10,12,19-20H,1H3. The minimum absolute atomic E-state index is 0.177. The van der Waals surface area contributed by atoms with Gasteiger partial charge in [0.25, 0.3) is 0 Å². The molecule has 0 amide bonds. The zero-order chi connectivity index (χ0) is 13.9. The van der Waals surface area contributed by atoms with Crippen molar-refractivity contribution in [2.75, 3.05) is 5.32 Å². The zero-order valence-corrected chi connectivity index (χ0v) is 11.2. The van der Waals surface area contributed by atoms with Crippen molar-refractivity contribution in [3.63, 3.8) is 0 Å². The van der Waals surface area contributed by atoms with E-state index in [1.807, 2.05) is 36.5 Å². The van der Waals surface area contributed by atoms with Crippen LogP contribution in [-0.2, 0) is 0 Å². The van der Waals surface area contributed by atoms with Gasteiger partial charge in [-0.2, -0.15) is 5.26 Å². The summed E-state index contributed by atoms with van der Waals surface area (Å²) in [5, 5.41) is 13.5. The highest BCUT2D eigenvalue weighted by molar-refractivity contribution is 5.91. The Balaban J connectivity index is 1.86. The summed E-state index contributed by atoms with van der Waals surface area (Å²) in [6.45, 7) is 2.11. The van der Waals surface area contributed by atoms with Gasteiger partial charge in [-0.3, -0.25) is 0 Å². The van der Waals surface area contributed by atoms with Crippen LogP contribution >= 0.6 is 0 Å². The Bertz CT molecular complexity index is 763. The molecule has 0 saturated heterocycles. The van der Waals surface area contributed by atoms with E-state index in [0.717, 1.165) is 16.8 Å². The molecule has 3 aromatic rings. The van der Waals surface area contributed by atoms with E-state index in [1.165, 1.54) is 5.39 Å². The summed E-state index contributed by atoms with van der Waals surface area (Å²) in [7, 11) is 0. The van der Waals surface area contributed by atoms with Crippen LogP contribution in [0.4, 0.5) is 5.69 Å². The van der Waals surface area contributed by atoms with Gasteiger partial charge in [-0.25, -0.2) is 0 Å². The zero-order valence-electron chi connectivity index (χ0n) is 11.2. The summed E-state index contributed by atoms with van der Waals surface area (Å²) in [6, 6.07) is 18.3. The van der Waals surface area contributed by atoms with Crippen molar-refractivity contribution < 1.29 is 0 Å². The van der Waals surface area contributed by atoms with E-state index in [2.05, 4.69) is 41.5 Å². The first kappa shape index (κ1) is 12.3. The van der Waals surface area contributed by atoms with Crippen LogP contribution in [0.25, 0.3) is 10.9 Å². The molecule has 0 fully saturated rings. The molecule has 0 aliphatic heterocycles. The first-order chi connectivity index (χ1) is 9.78. The van der Waals surface area contributed by atoms with E-state index >= 15 is 0 Å². The molecule has 1 heterocycles. The third-order valence-corrected chi connectivity index (χ3v) is 3.50. The number of nitriles is 1. The van der Waals surface area contributed by atoms with Crippen molar-refractivity contribution in [1.29, 1.82) is 5.26 Å². The normalized spacial score (nSPS) is 12.0. The summed E-state index contributed by atoms with van der Waals surface area (Å²) in [5.41, 5.74) is 4.05. The number of rotatable bonds is 3. The molecule has 0 radical (unpaired) electrons. The van der Waals surface area contributed by atoms with Gasteiger partial charge in [0.15, 0.2) is 0 Å². The van der Waals surface area contributed by atoms with Crippen LogP contribution in [0.1, 0.15) is 24.1 Å². The third-order valence-electron chi connectivity index (χ3n) is 3.50. The molecular weight excluding hydrogens is 246 g/mol. The van der Waals surface area contributed by atoms with Crippen molar-refractivity contribution in [3.05, 3.63) is 65.9 Å². The highest BCUT2D eigenvalue weighted by Crippen LogP contribution is 2.26. The topological polar surface area (TPSA) is 51.6 Å². The van der Waals surface area contributed by atoms with Gasteiger partial charge < -0.3 is 10.3 Å². The van der Waals surface area contributed by atoms with Crippen molar-refractivity contribution in [2.45, 2.75) is 13.0 Å². The van der Waals surface area contributed by atoms with E-state index in [-0.39, 0.29) is 6.04 Å². The van der Waals surface area contributed by atoms with Crippen LogP contribution in [0.2, 0.25) is 0 Å². The number of H-pyrrole nitrogens is 1. The average molecular weight is 261 g/mol. The number of hydrogen-bond acceptors (Lipinski definition) is 2. The molecule has 0 aliphatic rings. The van der Waals surface area contributed by atoms with E-state index in [4.69, 9.17) is 5.26 Å². The summed E-state index contributed by atoms with van der Waals surface area (Å²) in [6.07, 6.45) is 1.95. The van der Waals surface area contributed by atoms with Gasteiger partial charge >= 0.3 is 0 Å². The summed E-state index contributed by atoms with van der Waals surface area (Å²) >= 11 is 0. The average Bonchev–Trinajstić information content (AvgIpc) is 2.97. The van der Waals surface area contributed by atoms with Crippen LogP contribution in [-0.4, -0.2) is 4.98 Å². The Morgan fingerprint density at radius 3 is 2.65 bits per heavy atom. The van der Waals surface area contributed by atoms with Crippen LogP contribution in [0.5, 0.6) is 0 Å². The fraction of sp³-hybridized carbons (Fsp3) is 0.118. The number of fused-ring (bicyclic) bond motifs is 1. The molecule has 0 spiro atoms. The molecule has 1 aromatic heterocycles. The molecule has 20 heavy (non-hydrogen) atoms. The number of anilines is 1. The highest BCUT2D eigenvalue weighted by atomic mass is 14.9. The van der Waals surface area contributed by atoms with Crippen LogP contribution in [0.15, 0.2) is 54.7 Å². The second kappa shape index (κ2) is 5.10. The minimum Gasteiger partial charge on any atom is -0.377 e. The van der Waals surface area contributed by atoms with Crippen molar-refractivity contribution >= 4 is 16.6 Å². The lowest BCUT2D eigenvalue weighted by Gasteiger charge is -2.16. The predicted octanol–water partition coefficient (Wildman–Crippen LogP) is 4.21.